The maximum Gasteiger partial charge on any atom is 0.257 e. The Morgan fingerprint density at radius 3 is 2.71 bits per heavy atom. The molecule has 7 nitrogen and oxygen atoms in total. The summed E-state index contributed by atoms with van der Waals surface area (Å²) in [5, 5.41) is 22.7. The van der Waals surface area contributed by atoms with Crippen LogP contribution in [-0.4, -0.2) is 42.0 Å². The van der Waals surface area contributed by atoms with E-state index in [9.17, 15) is 15.0 Å². The van der Waals surface area contributed by atoms with Gasteiger partial charge in [-0.25, -0.2) is 0 Å². The van der Waals surface area contributed by atoms with Gasteiger partial charge in [-0.05, 0) is 85.9 Å². The number of phenolic OH excluding ortho intramolecular Hbond substituents is 1. The van der Waals surface area contributed by atoms with Crippen LogP contribution in [0.2, 0.25) is 0 Å². The van der Waals surface area contributed by atoms with Crippen LogP contribution >= 0.6 is 12.4 Å². The van der Waals surface area contributed by atoms with Gasteiger partial charge in [-0.15, -0.1) is 12.4 Å². The van der Waals surface area contributed by atoms with Crippen molar-refractivity contribution in [3.63, 3.8) is 0 Å². The summed E-state index contributed by atoms with van der Waals surface area (Å²) in [5.41, 5.74) is 9.33. The molecular weight excluding hydrogens is 456 g/mol. The number of phenols is 1. The number of aryl methyl sites for hydroxylation is 1. The van der Waals surface area contributed by atoms with Crippen LogP contribution in [0.15, 0.2) is 36.4 Å². The molecule has 2 atom stereocenters. The summed E-state index contributed by atoms with van der Waals surface area (Å²) in [7, 11) is 0. The van der Waals surface area contributed by atoms with Crippen molar-refractivity contribution in [2.75, 3.05) is 25.5 Å². The summed E-state index contributed by atoms with van der Waals surface area (Å²) >= 11 is 0. The number of nitrogens with one attached hydrogen (secondary N) is 1. The highest BCUT2D eigenvalue weighted by Gasteiger charge is 2.23. The molecule has 1 aliphatic carbocycles. The first-order chi connectivity index (χ1) is 16.0. The van der Waals surface area contributed by atoms with E-state index in [-0.39, 0.29) is 43.2 Å². The van der Waals surface area contributed by atoms with Crippen LogP contribution in [0.1, 0.15) is 50.2 Å². The Morgan fingerprint density at radius 2 is 1.97 bits per heavy atom. The zero-order valence-corrected chi connectivity index (χ0v) is 20.6. The molecule has 0 radical (unpaired) electrons. The highest BCUT2D eigenvalue weighted by atomic mass is 35.5. The zero-order valence-electron chi connectivity index (χ0n) is 19.8. The molecule has 5 N–H and O–H groups in total. The lowest BCUT2D eigenvalue weighted by atomic mass is 9.91. The number of carbonyl (C=O) groups is 1. The third-order valence-electron chi connectivity index (χ3n) is 6.06. The molecule has 0 heterocycles. The Balaban J connectivity index is 0.00000408. The van der Waals surface area contributed by atoms with Crippen molar-refractivity contribution in [2.45, 2.75) is 58.0 Å². The highest BCUT2D eigenvalue weighted by Crippen LogP contribution is 2.35. The molecule has 0 fully saturated rings. The number of aliphatic hydroxyl groups is 1. The van der Waals surface area contributed by atoms with Gasteiger partial charge >= 0.3 is 0 Å². The van der Waals surface area contributed by atoms with Crippen molar-refractivity contribution in [1.82, 2.24) is 5.32 Å². The molecule has 3 rings (SSSR count). The maximum absolute atomic E-state index is 12.0. The van der Waals surface area contributed by atoms with Gasteiger partial charge < -0.3 is 30.7 Å². The minimum absolute atomic E-state index is 0. The molecule has 0 aliphatic heterocycles. The number of benzene rings is 2. The van der Waals surface area contributed by atoms with E-state index in [0.717, 1.165) is 44.1 Å². The second kappa shape index (κ2) is 13.9. The standard InChI is InChI=1S/C26H36N2O5.ClH/c1-2-3-13-28-25(31)17-33-24-12-7-19-6-4-5-18(15-23(19)26(24)27)14-21(30)16-32-22-10-8-20(29)9-11-22;/h7-12,18,21,29-30H,2-6,13-17,27H2,1H3,(H,28,31);1H/t18?,21-;/m0./s1. The van der Waals surface area contributed by atoms with Crippen LogP contribution in [0.4, 0.5) is 5.69 Å². The number of ether oxygens (including phenoxy) is 2. The number of aliphatic hydroxyl groups excluding tert-OH is 1. The third-order valence-corrected chi connectivity index (χ3v) is 6.06. The molecule has 1 amide bonds. The predicted octanol–water partition coefficient (Wildman–Crippen LogP) is 4.02. The van der Waals surface area contributed by atoms with E-state index in [1.165, 1.54) is 5.56 Å². The van der Waals surface area contributed by atoms with Crippen LogP contribution in [0.5, 0.6) is 17.2 Å². The van der Waals surface area contributed by atoms with Crippen LogP contribution in [-0.2, 0) is 17.6 Å². The Labute approximate surface area is 208 Å². The molecule has 1 unspecified atom stereocenters. The Bertz CT molecular complexity index is 907. The number of aromatic hydroxyl groups is 1. The molecule has 34 heavy (non-hydrogen) atoms. The summed E-state index contributed by atoms with van der Waals surface area (Å²) in [6.45, 7) is 2.87. The fraction of sp³-hybridized carbons (Fsp3) is 0.500. The van der Waals surface area contributed by atoms with E-state index in [1.807, 2.05) is 12.1 Å². The predicted molar refractivity (Wildman–Crippen MR) is 136 cm³/mol. The average molecular weight is 493 g/mol. The summed E-state index contributed by atoms with van der Waals surface area (Å²) in [5.74, 6) is 1.46. The maximum atomic E-state index is 12.0. The number of anilines is 1. The van der Waals surface area contributed by atoms with Gasteiger partial charge in [-0.1, -0.05) is 19.4 Å². The first-order valence-electron chi connectivity index (χ1n) is 11.9. The quantitative estimate of drug-likeness (QED) is 0.214. The van der Waals surface area contributed by atoms with Crippen molar-refractivity contribution in [2.24, 2.45) is 5.92 Å². The van der Waals surface area contributed by atoms with E-state index < -0.39 is 6.10 Å². The number of carbonyl (C=O) groups excluding carboxylic acids is 1. The van der Waals surface area contributed by atoms with Crippen molar-refractivity contribution >= 4 is 24.0 Å². The number of nitrogens with two attached hydrogens (primary N) is 1. The van der Waals surface area contributed by atoms with E-state index in [0.29, 0.717) is 30.2 Å². The summed E-state index contributed by atoms with van der Waals surface area (Å²) in [6.07, 6.45) is 5.71. The van der Waals surface area contributed by atoms with E-state index >= 15 is 0 Å². The van der Waals surface area contributed by atoms with Gasteiger partial charge in [0.15, 0.2) is 6.61 Å². The molecule has 0 bridgehead atoms. The van der Waals surface area contributed by atoms with Crippen LogP contribution in [0.3, 0.4) is 0 Å². The number of amides is 1. The molecule has 8 heteroatoms. The topological polar surface area (TPSA) is 114 Å². The number of nitrogen functional groups attached to an aromatic ring is 1. The molecule has 0 saturated heterocycles. The lowest BCUT2D eigenvalue weighted by Crippen LogP contribution is -2.29. The van der Waals surface area contributed by atoms with Crippen molar-refractivity contribution in [3.05, 3.63) is 47.5 Å². The molecule has 188 valence electrons. The Morgan fingerprint density at radius 1 is 1.21 bits per heavy atom. The molecule has 1 aliphatic rings. The van der Waals surface area contributed by atoms with Crippen LogP contribution in [0.25, 0.3) is 0 Å². The number of unbranched alkanes of at least 4 members (excludes halogenated alkanes) is 1. The second-order valence-electron chi connectivity index (χ2n) is 8.76. The fourth-order valence-electron chi connectivity index (χ4n) is 4.25. The Kier molecular flexibility index (Phi) is 11.3. The number of hydrogen-bond donors (Lipinski definition) is 4. The number of hydrogen-bond acceptors (Lipinski definition) is 6. The van der Waals surface area contributed by atoms with Gasteiger partial charge in [-0.3, -0.25) is 4.79 Å². The van der Waals surface area contributed by atoms with Gasteiger partial charge in [0.2, 0.25) is 0 Å². The Hall–Kier alpha value is -2.64. The second-order valence-corrected chi connectivity index (χ2v) is 8.76. The highest BCUT2D eigenvalue weighted by molar-refractivity contribution is 5.85. The van der Waals surface area contributed by atoms with Gasteiger partial charge in [-0.2, -0.15) is 0 Å². The van der Waals surface area contributed by atoms with Crippen molar-refractivity contribution in [3.8, 4) is 17.2 Å². The number of rotatable bonds is 11. The summed E-state index contributed by atoms with van der Waals surface area (Å²) < 4.78 is 11.4. The minimum atomic E-state index is -0.599. The first kappa shape index (κ1) is 27.6. The van der Waals surface area contributed by atoms with E-state index in [2.05, 4.69) is 12.2 Å². The third kappa shape index (κ3) is 8.29. The molecular formula is C26H37ClN2O5. The van der Waals surface area contributed by atoms with Gasteiger partial charge in [0.25, 0.3) is 5.91 Å². The number of fused-ring (bicyclic) bond motifs is 1. The van der Waals surface area contributed by atoms with E-state index in [1.54, 1.807) is 24.3 Å². The molecule has 2 aromatic carbocycles. The van der Waals surface area contributed by atoms with Gasteiger partial charge in [0, 0.05) is 6.54 Å². The van der Waals surface area contributed by atoms with Crippen LogP contribution in [0, 0.1) is 5.92 Å². The fourth-order valence-corrected chi connectivity index (χ4v) is 4.25. The normalized spacial score (nSPS) is 15.9. The SMILES string of the molecule is CCCCNC(=O)COc1ccc2c(c1N)CC(C[C@H](O)COc1ccc(O)cc1)CCC2.Cl. The smallest absolute Gasteiger partial charge is 0.257 e. The lowest BCUT2D eigenvalue weighted by Gasteiger charge is -2.21. The molecule has 0 spiro atoms. The van der Waals surface area contributed by atoms with Gasteiger partial charge in [0.1, 0.15) is 23.9 Å². The largest absolute Gasteiger partial charge is 0.508 e. The average Bonchev–Trinajstić information content (AvgIpc) is 3.01. The minimum Gasteiger partial charge on any atom is -0.508 e. The van der Waals surface area contributed by atoms with Crippen molar-refractivity contribution in [1.29, 1.82) is 0 Å². The molecule has 2 aromatic rings. The summed E-state index contributed by atoms with van der Waals surface area (Å²) in [4.78, 5) is 12.0. The number of halogens is 1. The molecule has 0 saturated carbocycles. The van der Waals surface area contributed by atoms with Gasteiger partial charge in [0.05, 0.1) is 11.8 Å². The first-order valence-corrected chi connectivity index (χ1v) is 11.9. The zero-order chi connectivity index (χ0) is 23.6. The van der Waals surface area contributed by atoms with E-state index in [4.69, 9.17) is 15.2 Å². The van der Waals surface area contributed by atoms with Crippen LogP contribution < -0.4 is 20.5 Å². The monoisotopic (exact) mass is 492 g/mol. The summed E-state index contributed by atoms with van der Waals surface area (Å²) in [6, 6.07) is 10.4. The lowest BCUT2D eigenvalue weighted by molar-refractivity contribution is -0.123. The van der Waals surface area contributed by atoms with Crippen molar-refractivity contribution < 1.29 is 24.5 Å². The molecule has 0 aromatic heterocycles.